The highest BCUT2D eigenvalue weighted by molar-refractivity contribution is 7.89. The van der Waals surface area contributed by atoms with E-state index in [1.165, 1.54) is 19.1 Å². The lowest BCUT2D eigenvalue weighted by Gasteiger charge is -2.22. The Morgan fingerprint density at radius 2 is 1.85 bits per heavy atom. The summed E-state index contributed by atoms with van der Waals surface area (Å²) in [4.78, 5) is 35.6. The van der Waals surface area contributed by atoms with E-state index in [4.69, 9.17) is 5.11 Å². The molecule has 10 nitrogen and oxygen atoms in total. The highest BCUT2D eigenvalue weighted by Gasteiger charge is 2.25. The van der Waals surface area contributed by atoms with Crippen molar-refractivity contribution in [1.29, 1.82) is 0 Å². The third kappa shape index (κ3) is 8.69. The molecule has 1 fully saturated rings. The first-order valence-corrected chi connectivity index (χ1v) is 13.3. The van der Waals surface area contributed by atoms with Crippen molar-refractivity contribution in [2.24, 2.45) is 5.92 Å². The van der Waals surface area contributed by atoms with E-state index in [-0.39, 0.29) is 29.7 Å². The zero-order valence-corrected chi connectivity index (χ0v) is 20.7. The molecule has 0 unspecified atom stereocenters. The molecule has 1 aromatic carbocycles. The van der Waals surface area contributed by atoms with Crippen LogP contribution in [0.5, 0.6) is 0 Å². The minimum atomic E-state index is -4.10. The van der Waals surface area contributed by atoms with Crippen molar-refractivity contribution < 1.29 is 27.9 Å². The van der Waals surface area contributed by atoms with E-state index in [0.29, 0.717) is 36.4 Å². The van der Waals surface area contributed by atoms with Crippen LogP contribution in [0.3, 0.4) is 0 Å². The van der Waals surface area contributed by atoms with E-state index in [0.717, 1.165) is 32.4 Å². The number of nitrogens with one attached hydrogen (secondary N) is 4. The van der Waals surface area contributed by atoms with Crippen molar-refractivity contribution in [1.82, 2.24) is 15.4 Å². The summed E-state index contributed by atoms with van der Waals surface area (Å²) in [5.74, 6) is -1.16. The summed E-state index contributed by atoms with van der Waals surface area (Å²) in [6.07, 6.45) is 4.49. The Labute approximate surface area is 201 Å². The van der Waals surface area contributed by atoms with Gasteiger partial charge in [-0.2, -0.15) is 4.72 Å². The van der Waals surface area contributed by atoms with E-state index in [1.54, 1.807) is 6.07 Å². The van der Waals surface area contributed by atoms with Gasteiger partial charge in [0.2, 0.25) is 21.8 Å². The Morgan fingerprint density at radius 3 is 2.50 bits per heavy atom. The highest BCUT2D eigenvalue weighted by Crippen LogP contribution is 2.26. The lowest BCUT2D eigenvalue weighted by atomic mass is 9.93. The van der Waals surface area contributed by atoms with Crippen LogP contribution >= 0.6 is 0 Å². The van der Waals surface area contributed by atoms with Crippen LogP contribution in [-0.4, -0.2) is 57.0 Å². The second kappa shape index (κ2) is 13.4. The van der Waals surface area contributed by atoms with Gasteiger partial charge in [-0.25, -0.2) is 8.42 Å². The zero-order chi connectivity index (χ0) is 25.1. The monoisotopic (exact) mass is 496 g/mol. The SMILES string of the molecule is CCCc1c(NC(=O)CCNC(=O)CCC2CCNCC2)cccc1S(=O)(=O)N[C@@H](C)C(=O)O. The van der Waals surface area contributed by atoms with Crippen LogP contribution in [0, 0.1) is 5.92 Å². The van der Waals surface area contributed by atoms with Gasteiger partial charge in [0.15, 0.2) is 0 Å². The average molecular weight is 497 g/mol. The summed E-state index contributed by atoms with van der Waals surface area (Å²) in [5.41, 5.74) is 0.768. The number of hydrogen-bond donors (Lipinski definition) is 5. The normalized spacial score (nSPS) is 15.5. The largest absolute Gasteiger partial charge is 0.480 e. The predicted octanol–water partition coefficient (Wildman–Crippen LogP) is 1.62. The standard InChI is InChI=1S/C23H36N4O6S/c1-3-5-18-19(6-4-7-20(18)34(32,33)27-16(2)23(30)31)26-22(29)12-15-25-21(28)9-8-17-10-13-24-14-11-17/h4,6-7,16-17,24,27H,3,5,8-15H2,1-2H3,(H,25,28)(H,26,29)(H,30,31)/t16-/m0/s1. The summed E-state index contributed by atoms with van der Waals surface area (Å²) in [7, 11) is -4.10. The molecule has 1 atom stereocenters. The number of hydrogen-bond acceptors (Lipinski definition) is 6. The van der Waals surface area contributed by atoms with Crippen molar-refractivity contribution in [2.45, 2.75) is 69.7 Å². The summed E-state index contributed by atoms with van der Waals surface area (Å²) >= 11 is 0. The summed E-state index contributed by atoms with van der Waals surface area (Å²) in [6.45, 7) is 5.29. The summed E-state index contributed by atoms with van der Waals surface area (Å²) < 4.78 is 27.7. The van der Waals surface area contributed by atoms with Crippen molar-refractivity contribution in [2.75, 3.05) is 25.0 Å². The first-order chi connectivity index (χ1) is 16.1. The third-order valence-electron chi connectivity index (χ3n) is 5.81. The molecule has 190 valence electrons. The first-order valence-electron chi connectivity index (χ1n) is 11.8. The fourth-order valence-corrected chi connectivity index (χ4v) is 5.40. The van der Waals surface area contributed by atoms with Crippen molar-refractivity contribution in [3.63, 3.8) is 0 Å². The number of benzene rings is 1. The molecule has 0 radical (unpaired) electrons. The molecule has 1 heterocycles. The molecule has 1 saturated heterocycles. The van der Waals surface area contributed by atoms with Gasteiger partial charge < -0.3 is 21.1 Å². The molecule has 5 N–H and O–H groups in total. The topological polar surface area (TPSA) is 154 Å². The minimum Gasteiger partial charge on any atom is -0.480 e. The van der Waals surface area contributed by atoms with E-state index in [1.807, 2.05) is 6.92 Å². The van der Waals surface area contributed by atoms with Gasteiger partial charge in [0.25, 0.3) is 0 Å². The molecule has 1 aromatic rings. The summed E-state index contributed by atoms with van der Waals surface area (Å²) in [5, 5.41) is 17.8. The molecule has 11 heteroatoms. The lowest BCUT2D eigenvalue weighted by molar-refractivity contribution is -0.138. The molecule has 0 bridgehead atoms. The molecule has 0 saturated carbocycles. The predicted molar refractivity (Wildman–Crippen MR) is 129 cm³/mol. The molecule has 0 aliphatic carbocycles. The molecule has 1 aliphatic heterocycles. The number of carbonyl (C=O) groups excluding carboxylic acids is 2. The van der Waals surface area contributed by atoms with E-state index in [9.17, 15) is 22.8 Å². The maximum atomic E-state index is 12.8. The minimum absolute atomic E-state index is 0.0515. The van der Waals surface area contributed by atoms with Gasteiger partial charge in [0.1, 0.15) is 6.04 Å². The average Bonchev–Trinajstić information content (AvgIpc) is 2.79. The Kier molecular flexibility index (Phi) is 10.9. The molecule has 1 aliphatic rings. The number of amides is 2. The molecule has 0 aromatic heterocycles. The van der Waals surface area contributed by atoms with Crippen LogP contribution in [0.15, 0.2) is 23.1 Å². The molecule has 2 amide bonds. The quantitative estimate of drug-likeness (QED) is 0.278. The van der Waals surface area contributed by atoms with Crippen LogP contribution in [0.1, 0.15) is 57.9 Å². The molecular formula is C23H36N4O6S. The third-order valence-corrected chi connectivity index (χ3v) is 7.44. The smallest absolute Gasteiger partial charge is 0.321 e. The Balaban J connectivity index is 1.94. The van der Waals surface area contributed by atoms with E-state index < -0.39 is 22.0 Å². The Hall–Kier alpha value is -2.50. The van der Waals surface area contributed by atoms with Gasteiger partial charge in [-0.3, -0.25) is 14.4 Å². The zero-order valence-electron chi connectivity index (χ0n) is 19.9. The maximum Gasteiger partial charge on any atom is 0.321 e. The number of carboxylic acids is 1. The Morgan fingerprint density at radius 1 is 1.15 bits per heavy atom. The van der Waals surface area contributed by atoms with Crippen LogP contribution in [-0.2, 0) is 30.8 Å². The molecule has 34 heavy (non-hydrogen) atoms. The number of piperidine rings is 1. The number of anilines is 1. The Bertz CT molecular complexity index is 960. The van der Waals surface area contributed by atoms with Gasteiger partial charge in [-0.15, -0.1) is 0 Å². The number of rotatable bonds is 13. The summed E-state index contributed by atoms with van der Waals surface area (Å²) in [6, 6.07) is 3.20. The van der Waals surface area contributed by atoms with Crippen LogP contribution < -0.4 is 20.7 Å². The number of sulfonamides is 1. The second-order valence-electron chi connectivity index (χ2n) is 8.59. The van der Waals surface area contributed by atoms with Crippen molar-refractivity contribution >= 4 is 33.5 Å². The van der Waals surface area contributed by atoms with E-state index >= 15 is 0 Å². The van der Waals surface area contributed by atoms with Gasteiger partial charge >= 0.3 is 5.97 Å². The highest BCUT2D eigenvalue weighted by atomic mass is 32.2. The molecule has 2 rings (SSSR count). The molecular weight excluding hydrogens is 460 g/mol. The van der Waals surface area contributed by atoms with E-state index in [2.05, 4.69) is 20.7 Å². The number of carboxylic acid groups (broad SMARTS) is 1. The van der Waals surface area contributed by atoms with Gasteiger partial charge in [0.05, 0.1) is 4.90 Å². The van der Waals surface area contributed by atoms with Crippen LogP contribution in [0.25, 0.3) is 0 Å². The van der Waals surface area contributed by atoms with Gasteiger partial charge in [0, 0.05) is 25.1 Å². The van der Waals surface area contributed by atoms with Gasteiger partial charge in [-0.1, -0.05) is 19.4 Å². The van der Waals surface area contributed by atoms with Gasteiger partial charge in [-0.05, 0) is 69.3 Å². The van der Waals surface area contributed by atoms with Crippen molar-refractivity contribution in [3.05, 3.63) is 23.8 Å². The first kappa shape index (κ1) is 27.7. The number of carbonyl (C=O) groups is 3. The fourth-order valence-electron chi connectivity index (χ4n) is 3.91. The fraction of sp³-hybridized carbons (Fsp3) is 0.609. The number of aliphatic carboxylic acids is 1. The van der Waals surface area contributed by atoms with Crippen LogP contribution in [0.4, 0.5) is 5.69 Å². The molecule has 0 spiro atoms. The van der Waals surface area contributed by atoms with Crippen LogP contribution in [0.2, 0.25) is 0 Å². The second-order valence-corrected chi connectivity index (χ2v) is 10.3. The van der Waals surface area contributed by atoms with Crippen molar-refractivity contribution in [3.8, 4) is 0 Å². The lowest BCUT2D eigenvalue weighted by Crippen LogP contribution is -2.38. The maximum absolute atomic E-state index is 12.8.